The minimum atomic E-state index is -4.03. The van der Waals surface area contributed by atoms with E-state index < -0.39 is 10.1 Å². The van der Waals surface area contributed by atoms with Crippen LogP contribution in [0.25, 0.3) is 6.08 Å². The normalized spacial score (nSPS) is 15.0. The Morgan fingerprint density at radius 3 is 2.26 bits per heavy atom. The van der Waals surface area contributed by atoms with Crippen LogP contribution in [0.3, 0.4) is 0 Å². The third-order valence-electron chi connectivity index (χ3n) is 4.84. The van der Waals surface area contributed by atoms with Crippen LogP contribution in [0.4, 0.5) is 5.69 Å². The number of ether oxygens (including phenoxy) is 2. The van der Waals surface area contributed by atoms with Gasteiger partial charge in [0.15, 0.2) is 15.8 Å². The molecule has 1 fully saturated rings. The highest BCUT2D eigenvalue weighted by molar-refractivity contribution is 8.27. The molecular weight excluding hydrogens is 494 g/mol. The van der Waals surface area contributed by atoms with E-state index in [-0.39, 0.29) is 22.3 Å². The smallest absolute Gasteiger partial charge is 0.339 e. The third kappa shape index (κ3) is 4.93. The predicted molar refractivity (Wildman–Crippen MR) is 136 cm³/mol. The lowest BCUT2D eigenvalue weighted by atomic mass is 10.2. The number of amides is 1. The van der Waals surface area contributed by atoms with Crippen LogP contribution in [0.5, 0.6) is 17.2 Å². The molecule has 0 saturated carbocycles. The van der Waals surface area contributed by atoms with Crippen molar-refractivity contribution < 1.29 is 26.9 Å². The van der Waals surface area contributed by atoms with E-state index in [1.807, 2.05) is 0 Å². The molecule has 0 N–H and O–H groups in total. The topological polar surface area (TPSA) is 82.1 Å². The van der Waals surface area contributed by atoms with Crippen LogP contribution < -0.4 is 18.6 Å². The molecule has 0 atom stereocenters. The molecule has 0 aliphatic carbocycles. The maximum Gasteiger partial charge on any atom is 0.339 e. The fraction of sp³-hybridized carbons (Fsp3) is 0.0833. The second kappa shape index (κ2) is 9.88. The zero-order valence-corrected chi connectivity index (χ0v) is 20.6. The van der Waals surface area contributed by atoms with Crippen LogP contribution in [0.2, 0.25) is 0 Å². The van der Waals surface area contributed by atoms with E-state index in [9.17, 15) is 13.2 Å². The molecule has 174 valence electrons. The molecule has 1 saturated heterocycles. The Bertz CT molecular complexity index is 1370. The number of rotatable bonds is 7. The largest absolute Gasteiger partial charge is 0.497 e. The quantitative estimate of drug-likeness (QED) is 0.251. The number of benzene rings is 3. The average Bonchev–Trinajstić information content (AvgIpc) is 3.13. The number of hydrogen-bond donors (Lipinski definition) is 0. The lowest BCUT2D eigenvalue weighted by Crippen LogP contribution is -2.27. The van der Waals surface area contributed by atoms with Crippen molar-refractivity contribution in [1.29, 1.82) is 0 Å². The summed E-state index contributed by atoms with van der Waals surface area (Å²) in [5.41, 5.74) is 1.26. The summed E-state index contributed by atoms with van der Waals surface area (Å²) in [4.78, 5) is 14.9. The number of carbonyl (C=O) groups is 1. The molecule has 1 heterocycles. The summed E-state index contributed by atoms with van der Waals surface area (Å²) >= 11 is 6.59. The highest BCUT2D eigenvalue weighted by Gasteiger charge is 2.33. The first-order valence-corrected chi connectivity index (χ1v) is 12.6. The molecule has 34 heavy (non-hydrogen) atoms. The van der Waals surface area contributed by atoms with Crippen molar-refractivity contribution in [3.05, 3.63) is 83.3 Å². The van der Waals surface area contributed by atoms with Crippen LogP contribution in [-0.2, 0) is 14.9 Å². The van der Waals surface area contributed by atoms with Crippen molar-refractivity contribution in [1.82, 2.24) is 0 Å². The summed E-state index contributed by atoms with van der Waals surface area (Å²) in [6.45, 7) is 0. The van der Waals surface area contributed by atoms with Crippen molar-refractivity contribution >= 4 is 56.1 Å². The second-order valence-corrected chi connectivity index (χ2v) is 10.2. The van der Waals surface area contributed by atoms with Gasteiger partial charge in [0.2, 0.25) is 0 Å². The van der Waals surface area contributed by atoms with Crippen LogP contribution in [-0.4, -0.2) is 32.9 Å². The van der Waals surface area contributed by atoms with Crippen LogP contribution in [0.1, 0.15) is 5.56 Å². The first-order chi connectivity index (χ1) is 16.3. The van der Waals surface area contributed by atoms with Gasteiger partial charge in [-0.2, -0.15) is 8.42 Å². The van der Waals surface area contributed by atoms with E-state index in [0.29, 0.717) is 26.2 Å². The highest BCUT2D eigenvalue weighted by Crippen LogP contribution is 2.38. The number of hydrogen-bond acceptors (Lipinski definition) is 8. The summed E-state index contributed by atoms with van der Waals surface area (Å²) in [5.74, 6) is 0.660. The van der Waals surface area contributed by atoms with Crippen molar-refractivity contribution in [2.24, 2.45) is 0 Å². The molecule has 10 heteroatoms. The molecule has 7 nitrogen and oxygen atoms in total. The van der Waals surface area contributed by atoms with Gasteiger partial charge in [-0.3, -0.25) is 9.69 Å². The van der Waals surface area contributed by atoms with E-state index >= 15 is 0 Å². The maximum atomic E-state index is 13.0. The highest BCUT2D eigenvalue weighted by atomic mass is 32.2. The molecule has 0 aromatic heterocycles. The number of carbonyl (C=O) groups excluding carboxylic acids is 1. The molecule has 3 aromatic carbocycles. The average molecular weight is 514 g/mol. The first-order valence-electron chi connectivity index (χ1n) is 9.92. The molecule has 3 aromatic rings. The first kappa shape index (κ1) is 23.8. The van der Waals surface area contributed by atoms with Gasteiger partial charge in [-0.15, -0.1) is 0 Å². The monoisotopic (exact) mass is 513 g/mol. The molecule has 0 bridgehead atoms. The Hall–Kier alpha value is -3.34. The summed E-state index contributed by atoms with van der Waals surface area (Å²) in [6, 6.07) is 19.6. The van der Waals surface area contributed by atoms with Crippen LogP contribution in [0, 0.1) is 0 Å². The molecule has 1 amide bonds. The van der Waals surface area contributed by atoms with E-state index in [4.69, 9.17) is 25.9 Å². The summed E-state index contributed by atoms with van der Waals surface area (Å²) in [5, 5.41) is 0. The number of anilines is 1. The summed E-state index contributed by atoms with van der Waals surface area (Å²) in [6.07, 6.45) is 1.67. The van der Waals surface area contributed by atoms with Gasteiger partial charge in [0.05, 0.1) is 24.8 Å². The van der Waals surface area contributed by atoms with Gasteiger partial charge in [-0.05, 0) is 60.2 Å². The maximum absolute atomic E-state index is 13.0. The minimum absolute atomic E-state index is 0.0309. The molecule has 1 aliphatic heterocycles. The molecule has 0 radical (unpaired) electrons. The standard InChI is InChI=1S/C24H19NO6S3/c1-29-18-11-9-17(10-12-18)25-23(26)22(33-24(25)32)15-16-8-13-20(21(14-16)30-2)31-34(27,28)19-6-4-3-5-7-19/h3-15H,1-2H3/b22-15+. The Morgan fingerprint density at radius 2 is 1.62 bits per heavy atom. The van der Waals surface area contributed by atoms with Crippen molar-refractivity contribution in [2.75, 3.05) is 19.1 Å². The fourth-order valence-corrected chi connectivity index (χ4v) is 5.43. The van der Waals surface area contributed by atoms with Crippen molar-refractivity contribution in [3.63, 3.8) is 0 Å². The Kier molecular flexibility index (Phi) is 6.92. The molecule has 1 aliphatic rings. The van der Waals surface area contributed by atoms with Gasteiger partial charge >= 0.3 is 10.1 Å². The lowest BCUT2D eigenvalue weighted by molar-refractivity contribution is -0.113. The van der Waals surface area contributed by atoms with Crippen LogP contribution >= 0.6 is 24.0 Å². The van der Waals surface area contributed by atoms with Gasteiger partial charge in [0, 0.05) is 0 Å². The SMILES string of the molecule is COc1ccc(N2C(=O)/C(=C\c3ccc(OS(=O)(=O)c4ccccc4)c(OC)c3)SC2=S)cc1. The van der Waals surface area contributed by atoms with Gasteiger partial charge in [-0.25, -0.2) is 0 Å². The van der Waals surface area contributed by atoms with Gasteiger partial charge in [0.1, 0.15) is 10.6 Å². The Balaban J connectivity index is 1.58. The summed E-state index contributed by atoms with van der Waals surface area (Å²) in [7, 11) is -1.05. The van der Waals surface area contributed by atoms with Crippen LogP contribution in [0.15, 0.2) is 82.6 Å². The number of thiocarbonyl (C=S) groups is 1. The van der Waals surface area contributed by atoms with Gasteiger partial charge in [0.25, 0.3) is 5.91 Å². The minimum Gasteiger partial charge on any atom is -0.497 e. The number of nitrogens with zero attached hydrogens (tertiary/aromatic N) is 1. The lowest BCUT2D eigenvalue weighted by Gasteiger charge is -2.14. The Morgan fingerprint density at radius 1 is 0.912 bits per heavy atom. The fourth-order valence-electron chi connectivity index (χ4n) is 3.17. The molecule has 0 unspecified atom stereocenters. The van der Waals surface area contributed by atoms with Crippen molar-refractivity contribution in [2.45, 2.75) is 4.90 Å². The van der Waals surface area contributed by atoms with E-state index in [0.717, 1.165) is 0 Å². The zero-order valence-electron chi connectivity index (χ0n) is 18.1. The van der Waals surface area contributed by atoms with E-state index in [2.05, 4.69) is 0 Å². The van der Waals surface area contributed by atoms with Gasteiger partial charge < -0.3 is 13.7 Å². The number of thioether (sulfide) groups is 1. The second-order valence-electron chi connectivity index (χ2n) is 6.98. The zero-order chi connectivity index (χ0) is 24.3. The van der Waals surface area contributed by atoms with Gasteiger partial charge in [-0.1, -0.05) is 48.2 Å². The molecular formula is C24H19NO6S3. The van der Waals surface area contributed by atoms with E-state index in [1.165, 1.54) is 42.0 Å². The molecule has 0 spiro atoms. The molecule has 4 rings (SSSR count). The van der Waals surface area contributed by atoms with Crippen molar-refractivity contribution in [3.8, 4) is 17.2 Å². The summed E-state index contributed by atoms with van der Waals surface area (Å²) < 4.78 is 41.3. The van der Waals surface area contributed by atoms with E-state index in [1.54, 1.807) is 67.8 Å². The number of methoxy groups -OCH3 is 2. The third-order valence-corrected chi connectivity index (χ3v) is 7.39. The predicted octanol–water partition coefficient (Wildman–Crippen LogP) is 4.88. The Labute approximate surface area is 207 Å².